The second kappa shape index (κ2) is 16.6. The van der Waals surface area contributed by atoms with Crippen LogP contribution in [0.3, 0.4) is 0 Å². The van der Waals surface area contributed by atoms with E-state index < -0.39 is 81.2 Å². The van der Waals surface area contributed by atoms with E-state index >= 15 is 0 Å². The molecule has 0 bridgehead atoms. The summed E-state index contributed by atoms with van der Waals surface area (Å²) in [5.74, 6) is 0.0735. The van der Waals surface area contributed by atoms with Crippen LogP contribution in [0.4, 0.5) is 18.4 Å². The van der Waals surface area contributed by atoms with Gasteiger partial charge in [-0.1, -0.05) is 0 Å². The number of terminal acetylenes is 1. The second-order valence-corrected chi connectivity index (χ2v) is 15.3. The molecule has 0 aromatic heterocycles. The zero-order chi connectivity index (χ0) is 35.0. The summed E-state index contributed by atoms with van der Waals surface area (Å²) in [5.41, 5.74) is 1.22. The van der Waals surface area contributed by atoms with Gasteiger partial charge in [-0.05, 0) is 0 Å². The van der Waals surface area contributed by atoms with Gasteiger partial charge in [-0.15, -0.1) is 0 Å². The van der Waals surface area contributed by atoms with Crippen LogP contribution in [0.5, 0.6) is 5.75 Å². The number of halogens is 3. The molecule has 3 amide bonds. The van der Waals surface area contributed by atoms with Crippen LogP contribution >= 0.6 is 0 Å². The van der Waals surface area contributed by atoms with Crippen molar-refractivity contribution in [3.63, 3.8) is 0 Å². The van der Waals surface area contributed by atoms with Gasteiger partial charge in [-0.2, -0.15) is 0 Å². The van der Waals surface area contributed by atoms with Crippen molar-refractivity contribution in [1.29, 1.82) is 0 Å². The first-order valence-electron chi connectivity index (χ1n) is 15.9. The van der Waals surface area contributed by atoms with Crippen molar-refractivity contribution < 1.29 is 62.1 Å². The molecule has 48 heavy (non-hydrogen) atoms. The molecule has 2 saturated heterocycles. The fraction of sp³-hybridized carbons (Fsp3) is 0.514. The number of alkyl halides is 1. The van der Waals surface area contributed by atoms with Crippen LogP contribution in [0.1, 0.15) is 58.6 Å². The van der Waals surface area contributed by atoms with Gasteiger partial charge in [0.15, 0.2) is 0 Å². The molecule has 1 N–H and O–H groups in total. The number of fused-ring (bicyclic) bond motifs is 1. The van der Waals surface area contributed by atoms with E-state index in [1.807, 2.05) is 24.3 Å². The predicted octanol–water partition coefficient (Wildman–Crippen LogP) is 2.22. The number of likely N-dealkylation sites (tertiary alicyclic amines) is 2. The van der Waals surface area contributed by atoms with Crippen LogP contribution in [0.15, 0.2) is 42.5 Å². The number of rotatable bonds is 12. The Kier molecular flexibility index (Phi) is 12.9. The molecular weight excluding hydrogens is 739 g/mol. The van der Waals surface area contributed by atoms with Crippen molar-refractivity contribution in [3.05, 3.63) is 65.2 Å². The zero-order valence-electron chi connectivity index (χ0n) is 27.8. The molecule has 2 fully saturated rings. The van der Waals surface area contributed by atoms with Gasteiger partial charge in [0.2, 0.25) is 0 Å². The van der Waals surface area contributed by atoms with Gasteiger partial charge >= 0.3 is 293 Å². The van der Waals surface area contributed by atoms with Gasteiger partial charge in [0.25, 0.3) is 0 Å². The van der Waals surface area contributed by atoms with E-state index in [1.54, 1.807) is 37.5 Å². The maximum atomic E-state index is 14.2. The predicted molar refractivity (Wildman–Crippen MR) is 169 cm³/mol. The van der Waals surface area contributed by atoms with E-state index in [0.717, 1.165) is 36.1 Å². The van der Waals surface area contributed by atoms with Crippen LogP contribution in [-0.2, 0) is 32.0 Å². The summed E-state index contributed by atoms with van der Waals surface area (Å²) >= 11 is -1.27. The maximum absolute atomic E-state index is 14.2. The molecule has 10 nitrogen and oxygen atoms in total. The van der Waals surface area contributed by atoms with E-state index in [-0.39, 0.29) is 36.0 Å². The number of nitrogens with one attached hydrogen (secondary N) is 1. The molecule has 2 aliphatic heterocycles. The van der Waals surface area contributed by atoms with Gasteiger partial charge in [-0.3, -0.25) is 0 Å². The third-order valence-electron chi connectivity index (χ3n) is 7.95. The Morgan fingerprint density at radius 1 is 1.10 bits per heavy atom. The summed E-state index contributed by atoms with van der Waals surface area (Å²) in [6.07, 6.45) is 5.64. The Hall–Kier alpha value is -3.64. The number of alkyl carbamates (subject to hydrolysis) is 1. The number of aryl methyl sites for hydroxylation is 1. The fourth-order valence-electron chi connectivity index (χ4n) is 5.85. The van der Waals surface area contributed by atoms with Gasteiger partial charge in [0, 0.05) is 0 Å². The van der Waals surface area contributed by atoms with Gasteiger partial charge in [0.1, 0.15) is 0 Å². The molecule has 2 aromatic rings. The zero-order valence-corrected chi connectivity index (χ0v) is 30.0. The average molecular weight is 783 g/mol. The number of carbonyl (C=O) groups is 3. The van der Waals surface area contributed by atoms with Crippen molar-refractivity contribution in [1.82, 2.24) is 15.1 Å². The number of hydrogen-bond acceptors (Lipinski definition) is 7. The van der Waals surface area contributed by atoms with E-state index in [9.17, 15) is 23.2 Å². The van der Waals surface area contributed by atoms with Crippen LogP contribution in [0.2, 0.25) is 0 Å². The van der Waals surface area contributed by atoms with Crippen molar-refractivity contribution in [2.45, 2.75) is 94.2 Å². The van der Waals surface area contributed by atoms with E-state index in [2.05, 4.69) is 18.2 Å². The first-order valence-corrected chi connectivity index (χ1v) is 18.1. The number of amides is 3. The molecule has 0 radical (unpaired) electrons. The molecule has 262 valence electrons. The van der Waals surface area contributed by atoms with Crippen LogP contribution in [0.25, 0.3) is 0 Å². The standard InChI is InChI=1S/C35H43F2IN3O7/c1-7-10-23-11-9-12-24(18-23)21-46-34(44)41-20-28(38-48-25-13-14-26(36)27(37)19-25)31-29(41)15-16-40(31)32(42)30(22(3)45-17-8-2)39-33(43)47-35(4,5)6/h2,9,11-14,18-19,22,28-31H,7,10,15-17,20-21H2,1,3-6H3,(H,39,43)/q-1/t22-,28+,29-,30+,31-/m1/s1. The molecule has 0 unspecified atom stereocenters. The van der Waals surface area contributed by atoms with Crippen LogP contribution in [0, 0.1) is 24.0 Å². The SMILES string of the molecule is C#CCO[C@H](C)[C@H](NC(=O)OC(C)(C)C)C(=O)N1CC[C@@H]2[C@H]1[C@@H]([I-]Oc1ccc(F)c(F)c1)CN2C(=O)OCc1cccc(CCC)c1. The molecule has 2 heterocycles. The molecular formula is C35H43F2IN3O7-. The molecule has 4 rings (SSSR count). The van der Waals surface area contributed by atoms with E-state index in [0.29, 0.717) is 6.42 Å². The molecule has 0 saturated carbocycles. The van der Waals surface area contributed by atoms with Gasteiger partial charge < -0.3 is 0 Å². The molecule has 5 atom stereocenters. The van der Waals surface area contributed by atoms with Crippen molar-refractivity contribution in [3.8, 4) is 18.1 Å². The molecule has 0 aliphatic carbocycles. The fourth-order valence-corrected chi connectivity index (χ4v) is 8.50. The molecule has 2 aromatic carbocycles. The van der Waals surface area contributed by atoms with E-state index in [4.69, 9.17) is 23.7 Å². The number of carbonyl (C=O) groups excluding carboxylic acids is 3. The first kappa shape index (κ1) is 37.2. The number of ether oxygens (including phenoxy) is 3. The van der Waals surface area contributed by atoms with Crippen molar-refractivity contribution >= 4 is 18.1 Å². The van der Waals surface area contributed by atoms with E-state index in [1.165, 1.54) is 6.07 Å². The number of hydrogen-bond donors (Lipinski definition) is 1. The third-order valence-corrected chi connectivity index (χ3v) is 10.5. The van der Waals surface area contributed by atoms with Crippen molar-refractivity contribution in [2.24, 2.45) is 0 Å². The Morgan fingerprint density at radius 2 is 1.85 bits per heavy atom. The Morgan fingerprint density at radius 3 is 2.54 bits per heavy atom. The Labute approximate surface area is 291 Å². The molecule has 13 heteroatoms. The summed E-state index contributed by atoms with van der Waals surface area (Å²) in [5, 5.41) is 2.66. The summed E-state index contributed by atoms with van der Waals surface area (Å²) in [6, 6.07) is 9.17. The average Bonchev–Trinajstić information content (AvgIpc) is 3.62. The van der Waals surface area contributed by atoms with Gasteiger partial charge in [0.05, 0.1) is 0 Å². The molecule has 0 spiro atoms. The summed E-state index contributed by atoms with van der Waals surface area (Å²) in [4.78, 5) is 43.9. The monoisotopic (exact) mass is 782 g/mol. The quantitative estimate of drug-likeness (QED) is 0.200. The second-order valence-electron chi connectivity index (χ2n) is 12.8. The summed E-state index contributed by atoms with van der Waals surface area (Å²) in [7, 11) is 0. The normalized spacial score (nSPS) is 20.1. The summed E-state index contributed by atoms with van der Waals surface area (Å²) in [6.45, 7) is 9.40. The number of nitrogens with zero attached hydrogens (tertiary/aromatic N) is 2. The van der Waals surface area contributed by atoms with Crippen LogP contribution < -0.4 is 30.0 Å². The minimum absolute atomic E-state index is 0.0792. The number of benzene rings is 2. The topological polar surface area (TPSA) is 107 Å². The first-order chi connectivity index (χ1) is 22.8. The minimum atomic E-state index is -1.27. The van der Waals surface area contributed by atoms with Crippen LogP contribution in [-0.4, -0.2) is 81.3 Å². The van der Waals surface area contributed by atoms with Crippen molar-refractivity contribution in [2.75, 3.05) is 19.7 Å². The molecule has 2 aliphatic rings. The van der Waals surface area contributed by atoms with Gasteiger partial charge in [-0.25, -0.2) is 0 Å². The third kappa shape index (κ3) is 9.72. The Bertz CT molecular complexity index is 1500. The summed E-state index contributed by atoms with van der Waals surface area (Å²) < 4.78 is 50.0. The Balaban J connectivity index is 1.56.